The second-order valence-electron chi connectivity index (χ2n) is 6.24. The number of halogens is 1. The van der Waals surface area contributed by atoms with E-state index in [0.717, 1.165) is 33.5 Å². The number of rotatable bonds is 6. The first-order chi connectivity index (χ1) is 12.6. The van der Waals surface area contributed by atoms with Gasteiger partial charge in [0.05, 0.1) is 10.2 Å². The second kappa shape index (κ2) is 8.81. The molecule has 0 unspecified atom stereocenters. The molecule has 3 rings (SSSR count). The zero-order chi connectivity index (χ0) is 18.4. The summed E-state index contributed by atoms with van der Waals surface area (Å²) in [6.45, 7) is 4.79. The maximum Gasteiger partial charge on any atom is 0.134 e. The Kier molecular flexibility index (Phi) is 6.24. The Morgan fingerprint density at radius 2 is 1.62 bits per heavy atom. The molecule has 26 heavy (non-hydrogen) atoms. The smallest absolute Gasteiger partial charge is 0.134 e. The molecule has 0 aromatic heterocycles. The Hall–Kier alpha value is -2.39. The molecule has 0 aliphatic heterocycles. The molecule has 3 aromatic carbocycles. The van der Waals surface area contributed by atoms with Gasteiger partial charge < -0.3 is 4.74 Å². The lowest BCUT2D eigenvalue weighted by Gasteiger charge is -2.09. The summed E-state index contributed by atoms with van der Waals surface area (Å²) in [5, 5.41) is 0. The van der Waals surface area contributed by atoms with Gasteiger partial charge in [-0.05, 0) is 76.3 Å². The van der Waals surface area contributed by atoms with E-state index in [4.69, 9.17) is 4.74 Å². The average molecular weight is 408 g/mol. The molecule has 0 atom stereocenters. The molecule has 0 aliphatic rings. The predicted octanol–water partition coefficient (Wildman–Crippen LogP) is 6.65. The molecule has 2 nitrogen and oxygen atoms in total. The number of aliphatic imine (C=N–C) groups is 1. The molecule has 0 saturated carbocycles. The lowest BCUT2D eigenvalue weighted by atomic mass is 10.1. The van der Waals surface area contributed by atoms with Gasteiger partial charge in [-0.25, -0.2) is 0 Å². The third kappa shape index (κ3) is 5.06. The topological polar surface area (TPSA) is 21.6 Å². The lowest BCUT2D eigenvalue weighted by Crippen LogP contribution is -1.96. The van der Waals surface area contributed by atoms with Crippen LogP contribution in [0.4, 0.5) is 5.69 Å². The second-order valence-corrected chi connectivity index (χ2v) is 7.10. The molecule has 0 fully saturated rings. The molecule has 0 spiro atoms. The van der Waals surface area contributed by atoms with Crippen LogP contribution in [0.1, 0.15) is 29.2 Å². The van der Waals surface area contributed by atoms with Crippen molar-refractivity contribution in [3.8, 4) is 5.75 Å². The highest BCUT2D eigenvalue weighted by atomic mass is 79.9. The van der Waals surface area contributed by atoms with Gasteiger partial charge in [0.1, 0.15) is 12.4 Å². The first-order valence-corrected chi connectivity index (χ1v) is 9.54. The van der Waals surface area contributed by atoms with Crippen molar-refractivity contribution in [2.75, 3.05) is 0 Å². The quantitative estimate of drug-likeness (QED) is 0.419. The zero-order valence-electron chi connectivity index (χ0n) is 15.1. The monoisotopic (exact) mass is 407 g/mol. The van der Waals surface area contributed by atoms with Crippen LogP contribution in [0.5, 0.6) is 5.75 Å². The molecule has 0 saturated heterocycles. The van der Waals surface area contributed by atoms with E-state index in [-0.39, 0.29) is 0 Å². The molecular formula is C23H22BrNO. The fraction of sp³-hybridized carbons (Fsp3) is 0.174. The van der Waals surface area contributed by atoms with E-state index in [0.29, 0.717) is 6.61 Å². The van der Waals surface area contributed by atoms with Gasteiger partial charge >= 0.3 is 0 Å². The van der Waals surface area contributed by atoms with E-state index in [1.165, 1.54) is 11.1 Å². The maximum absolute atomic E-state index is 5.91. The van der Waals surface area contributed by atoms with E-state index in [1.54, 1.807) is 0 Å². The van der Waals surface area contributed by atoms with Crippen molar-refractivity contribution in [3.63, 3.8) is 0 Å². The Bertz CT molecular complexity index is 883. The van der Waals surface area contributed by atoms with Crippen molar-refractivity contribution < 1.29 is 4.74 Å². The van der Waals surface area contributed by atoms with Crippen molar-refractivity contribution in [1.29, 1.82) is 0 Å². The highest BCUT2D eigenvalue weighted by Gasteiger charge is 2.03. The highest BCUT2D eigenvalue weighted by Crippen LogP contribution is 2.26. The Morgan fingerprint density at radius 1 is 0.923 bits per heavy atom. The zero-order valence-corrected chi connectivity index (χ0v) is 16.7. The van der Waals surface area contributed by atoms with Gasteiger partial charge in [-0.1, -0.05) is 48.9 Å². The van der Waals surface area contributed by atoms with Gasteiger partial charge in [-0.2, -0.15) is 0 Å². The van der Waals surface area contributed by atoms with Crippen LogP contribution in [-0.4, -0.2) is 6.21 Å². The van der Waals surface area contributed by atoms with Gasteiger partial charge in [0.25, 0.3) is 0 Å². The van der Waals surface area contributed by atoms with Gasteiger partial charge in [0.2, 0.25) is 0 Å². The molecule has 0 amide bonds. The van der Waals surface area contributed by atoms with E-state index < -0.39 is 0 Å². The van der Waals surface area contributed by atoms with E-state index >= 15 is 0 Å². The van der Waals surface area contributed by atoms with Crippen LogP contribution in [0, 0.1) is 6.92 Å². The van der Waals surface area contributed by atoms with Gasteiger partial charge in [0, 0.05) is 6.21 Å². The minimum absolute atomic E-state index is 0.552. The first-order valence-electron chi connectivity index (χ1n) is 8.75. The normalized spacial score (nSPS) is 11.0. The third-order valence-corrected chi connectivity index (χ3v) is 4.80. The summed E-state index contributed by atoms with van der Waals surface area (Å²) in [6.07, 6.45) is 2.91. The molecule has 0 heterocycles. The van der Waals surface area contributed by atoms with Crippen molar-refractivity contribution in [2.45, 2.75) is 26.9 Å². The van der Waals surface area contributed by atoms with E-state index in [2.05, 4.69) is 71.2 Å². The minimum atomic E-state index is 0.552. The van der Waals surface area contributed by atoms with Gasteiger partial charge in [-0.15, -0.1) is 0 Å². The highest BCUT2D eigenvalue weighted by molar-refractivity contribution is 9.10. The molecule has 0 aliphatic carbocycles. The Balaban J connectivity index is 1.64. The van der Waals surface area contributed by atoms with Crippen molar-refractivity contribution in [2.24, 2.45) is 4.99 Å². The molecule has 0 N–H and O–H groups in total. The molecule has 3 heteroatoms. The third-order valence-electron chi connectivity index (χ3n) is 4.18. The minimum Gasteiger partial charge on any atom is -0.488 e. The Morgan fingerprint density at radius 3 is 2.27 bits per heavy atom. The summed E-state index contributed by atoms with van der Waals surface area (Å²) >= 11 is 3.59. The SMILES string of the molecule is CCc1ccc(N=Cc2ccc(OCc3ccc(C)cc3)c(Br)c2)cc1. The van der Waals surface area contributed by atoms with Gasteiger partial charge in [0.15, 0.2) is 0 Å². The van der Waals surface area contributed by atoms with Crippen LogP contribution < -0.4 is 4.74 Å². The number of ether oxygens (including phenoxy) is 1. The molecule has 0 bridgehead atoms. The molecular weight excluding hydrogens is 386 g/mol. The number of benzene rings is 3. The largest absolute Gasteiger partial charge is 0.488 e. The predicted molar refractivity (Wildman–Crippen MR) is 113 cm³/mol. The van der Waals surface area contributed by atoms with Crippen LogP contribution in [0.2, 0.25) is 0 Å². The maximum atomic E-state index is 5.91. The summed E-state index contributed by atoms with van der Waals surface area (Å²) in [4.78, 5) is 4.54. The first kappa shape index (κ1) is 18.4. The Labute approximate surface area is 163 Å². The fourth-order valence-corrected chi connectivity index (χ4v) is 3.04. The summed E-state index contributed by atoms with van der Waals surface area (Å²) in [5.41, 5.74) is 5.71. The summed E-state index contributed by atoms with van der Waals surface area (Å²) in [6, 6.07) is 22.7. The summed E-state index contributed by atoms with van der Waals surface area (Å²) in [7, 11) is 0. The van der Waals surface area contributed by atoms with Crippen molar-refractivity contribution in [1.82, 2.24) is 0 Å². The molecule has 132 valence electrons. The van der Waals surface area contributed by atoms with Crippen LogP contribution in [0.3, 0.4) is 0 Å². The van der Waals surface area contributed by atoms with Crippen LogP contribution in [0.25, 0.3) is 0 Å². The number of hydrogen-bond acceptors (Lipinski definition) is 2. The fourth-order valence-electron chi connectivity index (χ4n) is 2.53. The molecule has 0 radical (unpaired) electrons. The van der Waals surface area contributed by atoms with E-state index in [9.17, 15) is 0 Å². The number of aryl methyl sites for hydroxylation is 2. The average Bonchev–Trinajstić information content (AvgIpc) is 2.67. The number of hydrogen-bond donors (Lipinski definition) is 0. The van der Waals surface area contributed by atoms with Crippen LogP contribution >= 0.6 is 15.9 Å². The van der Waals surface area contributed by atoms with Crippen LogP contribution in [0.15, 0.2) is 76.2 Å². The van der Waals surface area contributed by atoms with Gasteiger partial charge in [-0.3, -0.25) is 4.99 Å². The van der Waals surface area contributed by atoms with Crippen molar-refractivity contribution >= 4 is 27.8 Å². The standard InChI is InChI=1S/C23H22BrNO/c1-3-18-8-11-21(12-9-18)25-15-20-10-13-23(22(24)14-20)26-16-19-6-4-17(2)5-7-19/h4-15H,3,16H2,1-2H3. The number of nitrogens with zero attached hydrogens (tertiary/aromatic N) is 1. The van der Waals surface area contributed by atoms with E-state index in [1.807, 2.05) is 36.5 Å². The lowest BCUT2D eigenvalue weighted by molar-refractivity contribution is 0.304. The summed E-state index contributed by atoms with van der Waals surface area (Å²) in [5.74, 6) is 0.829. The summed E-state index contributed by atoms with van der Waals surface area (Å²) < 4.78 is 6.84. The van der Waals surface area contributed by atoms with Crippen molar-refractivity contribution in [3.05, 3.63) is 93.5 Å². The van der Waals surface area contributed by atoms with Crippen LogP contribution in [-0.2, 0) is 13.0 Å². The molecule has 3 aromatic rings.